The van der Waals surface area contributed by atoms with Gasteiger partial charge in [0.2, 0.25) is 5.91 Å². The number of hydrogen-bond donors (Lipinski definition) is 1. The van der Waals surface area contributed by atoms with Crippen molar-refractivity contribution in [1.29, 1.82) is 0 Å². The monoisotopic (exact) mass is 264 g/mol. The lowest BCUT2D eigenvalue weighted by molar-refractivity contribution is -0.306. The molecule has 1 rings (SSSR count). The Balaban J connectivity index is 2.83. The van der Waals surface area contributed by atoms with Gasteiger partial charge in [-0.25, -0.2) is 0 Å². The van der Waals surface area contributed by atoms with Gasteiger partial charge in [0.25, 0.3) is 0 Å². The van der Waals surface area contributed by atoms with E-state index in [4.69, 9.17) is 10.5 Å². The highest BCUT2D eigenvalue weighted by Gasteiger charge is 2.15. The summed E-state index contributed by atoms with van der Waals surface area (Å²) in [7, 11) is 0. The van der Waals surface area contributed by atoms with Crippen LogP contribution in [0.1, 0.15) is 38.2 Å². The molecule has 1 amide bonds. The predicted molar refractivity (Wildman–Crippen MR) is 68.4 cm³/mol. The van der Waals surface area contributed by atoms with Gasteiger partial charge in [-0.3, -0.25) is 4.79 Å². The van der Waals surface area contributed by atoms with E-state index in [0.717, 1.165) is 5.56 Å². The summed E-state index contributed by atoms with van der Waals surface area (Å²) in [4.78, 5) is 21.7. The van der Waals surface area contributed by atoms with Crippen LogP contribution in [-0.4, -0.2) is 18.0 Å². The molecule has 0 saturated carbocycles. The number of carboxylic acids is 1. The van der Waals surface area contributed by atoms with E-state index < -0.39 is 17.8 Å². The van der Waals surface area contributed by atoms with Gasteiger partial charge in [-0.15, -0.1) is 0 Å². The summed E-state index contributed by atoms with van der Waals surface area (Å²) in [6.45, 7) is 3.83. The Morgan fingerprint density at radius 1 is 1.21 bits per heavy atom. The zero-order chi connectivity index (χ0) is 14.4. The fraction of sp³-hybridized carbons (Fsp3) is 0.429. The Kier molecular flexibility index (Phi) is 5.36. The quantitative estimate of drug-likeness (QED) is 0.779. The molecule has 1 atom stereocenters. The van der Waals surface area contributed by atoms with Crippen LogP contribution in [0.2, 0.25) is 0 Å². The molecule has 0 fully saturated rings. The van der Waals surface area contributed by atoms with Crippen molar-refractivity contribution in [2.75, 3.05) is 0 Å². The number of primary amides is 1. The molecule has 0 aliphatic carbocycles. The van der Waals surface area contributed by atoms with E-state index in [-0.39, 0.29) is 18.9 Å². The minimum atomic E-state index is -1.20. The van der Waals surface area contributed by atoms with E-state index in [1.807, 2.05) is 13.8 Å². The zero-order valence-corrected chi connectivity index (χ0v) is 11.1. The maximum absolute atomic E-state index is 11.0. The fourth-order valence-electron chi connectivity index (χ4n) is 1.84. The molecule has 0 aliphatic heterocycles. The van der Waals surface area contributed by atoms with E-state index in [2.05, 4.69) is 0 Å². The molecule has 0 saturated heterocycles. The van der Waals surface area contributed by atoms with Crippen molar-refractivity contribution in [2.45, 2.75) is 38.7 Å². The van der Waals surface area contributed by atoms with Crippen molar-refractivity contribution >= 4 is 11.9 Å². The second-order valence-electron chi connectivity index (χ2n) is 4.68. The van der Waals surface area contributed by atoms with Gasteiger partial charge in [0.15, 0.2) is 0 Å². The molecular weight excluding hydrogens is 246 g/mol. The highest BCUT2D eigenvalue weighted by atomic mass is 16.5. The standard InChI is InChI=1S/C14H19NO4/c1-9(2)19-12-5-3-10(4-6-12)11(7-13(15)16)8-14(17)18/h3-6,9,11H,7-8H2,1-2H3,(H2,15,16)(H,17,18)/p-1/t11-/m0/s1. The first-order chi connectivity index (χ1) is 8.88. The zero-order valence-electron chi connectivity index (χ0n) is 11.1. The van der Waals surface area contributed by atoms with Gasteiger partial charge in [-0.05, 0) is 43.9 Å². The molecule has 0 spiro atoms. The number of carboxylic acid groups (broad SMARTS) is 1. The average Bonchev–Trinajstić information content (AvgIpc) is 2.27. The number of benzene rings is 1. The Hall–Kier alpha value is -2.04. The Morgan fingerprint density at radius 3 is 2.21 bits per heavy atom. The first kappa shape index (κ1) is 15.0. The van der Waals surface area contributed by atoms with Gasteiger partial charge in [-0.2, -0.15) is 0 Å². The van der Waals surface area contributed by atoms with Crippen molar-refractivity contribution in [3.8, 4) is 5.75 Å². The largest absolute Gasteiger partial charge is 0.550 e. The first-order valence-corrected chi connectivity index (χ1v) is 6.13. The minimum Gasteiger partial charge on any atom is -0.550 e. The van der Waals surface area contributed by atoms with Crippen molar-refractivity contribution in [2.24, 2.45) is 5.73 Å². The van der Waals surface area contributed by atoms with E-state index in [1.165, 1.54) is 0 Å². The first-order valence-electron chi connectivity index (χ1n) is 6.13. The van der Waals surface area contributed by atoms with Crippen LogP contribution in [0, 0.1) is 0 Å². The van der Waals surface area contributed by atoms with Gasteiger partial charge in [0.1, 0.15) is 5.75 Å². The van der Waals surface area contributed by atoms with Crippen molar-refractivity contribution in [3.63, 3.8) is 0 Å². The lowest BCUT2D eigenvalue weighted by Crippen LogP contribution is -2.26. The predicted octanol–water partition coefficient (Wildman–Crippen LogP) is 0.573. The molecule has 19 heavy (non-hydrogen) atoms. The molecule has 104 valence electrons. The van der Waals surface area contributed by atoms with Gasteiger partial charge in [0, 0.05) is 12.4 Å². The lowest BCUT2D eigenvalue weighted by Gasteiger charge is -2.17. The summed E-state index contributed by atoms with van der Waals surface area (Å²) in [6, 6.07) is 6.99. The molecule has 2 N–H and O–H groups in total. The van der Waals surface area contributed by atoms with Gasteiger partial charge in [-0.1, -0.05) is 12.1 Å². The number of amides is 1. The van der Waals surface area contributed by atoms with Crippen molar-refractivity contribution in [3.05, 3.63) is 29.8 Å². The summed E-state index contributed by atoms with van der Waals surface area (Å²) >= 11 is 0. The highest BCUT2D eigenvalue weighted by Crippen LogP contribution is 2.25. The number of ether oxygens (including phenoxy) is 1. The van der Waals surface area contributed by atoms with Crippen LogP contribution in [0.15, 0.2) is 24.3 Å². The molecular formula is C14H18NO4-. The van der Waals surface area contributed by atoms with Crippen LogP contribution in [0.5, 0.6) is 5.75 Å². The third-order valence-corrected chi connectivity index (χ3v) is 2.58. The van der Waals surface area contributed by atoms with Crippen LogP contribution in [0.25, 0.3) is 0 Å². The smallest absolute Gasteiger partial charge is 0.218 e. The number of hydrogen-bond acceptors (Lipinski definition) is 4. The fourth-order valence-corrected chi connectivity index (χ4v) is 1.84. The second kappa shape index (κ2) is 6.78. The number of carbonyl (C=O) groups is 2. The van der Waals surface area contributed by atoms with E-state index in [0.29, 0.717) is 5.75 Å². The third-order valence-electron chi connectivity index (χ3n) is 2.58. The maximum Gasteiger partial charge on any atom is 0.218 e. The summed E-state index contributed by atoms with van der Waals surface area (Å²) in [6.07, 6.45) is -0.179. The van der Waals surface area contributed by atoms with E-state index >= 15 is 0 Å². The molecule has 0 bridgehead atoms. The van der Waals surface area contributed by atoms with E-state index in [9.17, 15) is 14.7 Å². The molecule has 0 radical (unpaired) electrons. The third kappa shape index (κ3) is 5.42. The van der Waals surface area contributed by atoms with Crippen LogP contribution >= 0.6 is 0 Å². The molecule has 5 nitrogen and oxygen atoms in total. The molecule has 1 aromatic carbocycles. The van der Waals surface area contributed by atoms with Crippen LogP contribution in [-0.2, 0) is 9.59 Å². The SMILES string of the molecule is CC(C)Oc1ccc([C@@H](CC(N)=O)CC(=O)[O-])cc1. The van der Waals surface area contributed by atoms with Gasteiger partial charge >= 0.3 is 0 Å². The molecule has 5 heteroatoms. The van der Waals surface area contributed by atoms with Crippen LogP contribution in [0.4, 0.5) is 0 Å². The summed E-state index contributed by atoms with van der Waals surface area (Å²) in [5, 5.41) is 10.7. The highest BCUT2D eigenvalue weighted by molar-refractivity contribution is 5.76. The molecule has 0 unspecified atom stereocenters. The van der Waals surface area contributed by atoms with Crippen molar-refractivity contribution < 1.29 is 19.4 Å². The number of rotatable bonds is 7. The summed E-state index contributed by atoms with van der Waals surface area (Å²) in [5.41, 5.74) is 5.86. The topological polar surface area (TPSA) is 92.5 Å². The van der Waals surface area contributed by atoms with E-state index in [1.54, 1.807) is 24.3 Å². The van der Waals surface area contributed by atoms with Crippen LogP contribution < -0.4 is 15.6 Å². The van der Waals surface area contributed by atoms with Crippen LogP contribution in [0.3, 0.4) is 0 Å². The number of carbonyl (C=O) groups excluding carboxylic acids is 2. The number of aliphatic carboxylic acids is 1. The summed E-state index contributed by atoms with van der Waals surface area (Å²) in [5.74, 6) is -1.50. The molecule has 0 aliphatic rings. The Bertz CT molecular complexity index is 423. The normalized spacial score (nSPS) is 12.2. The molecule has 1 aromatic rings. The molecule has 0 heterocycles. The van der Waals surface area contributed by atoms with Gasteiger partial charge in [0.05, 0.1) is 6.10 Å². The van der Waals surface area contributed by atoms with Crippen molar-refractivity contribution in [1.82, 2.24) is 0 Å². The minimum absolute atomic E-state index is 0.0155. The maximum atomic E-state index is 11.0. The van der Waals surface area contributed by atoms with Gasteiger partial charge < -0.3 is 20.4 Å². The second-order valence-corrected chi connectivity index (χ2v) is 4.68. The summed E-state index contributed by atoms with van der Waals surface area (Å²) < 4.78 is 5.49. The average molecular weight is 264 g/mol. The Morgan fingerprint density at radius 2 is 1.79 bits per heavy atom. The lowest BCUT2D eigenvalue weighted by atomic mass is 9.92. The molecule has 0 aromatic heterocycles. The Labute approximate surface area is 112 Å². The number of nitrogens with two attached hydrogens (primary N) is 1.